The van der Waals surface area contributed by atoms with Crippen molar-refractivity contribution in [3.63, 3.8) is 0 Å². The van der Waals surface area contributed by atoms with Crippen LogP contribution in [0.2, 0.25) is 0 Å². The topological polar surface area (TPSA) is 49.3 Å². The van der Waals surface area contributed by atoms with Crippen molar-refractivity contribution in [2.24, 2.45) is 0 Å². The number of unbranched alkanes of at least 4 members (excludes halogenated alkanes) is 2. The van der Waals surface area contributed by atoms with Crippen LogP contribution in [-0.4, -0.2) is 18.1 Å². The van der Waals surface area contributed by atoms with Crippen molar-refractivity contribution in [1.82, 2.24) is 5.32 Å². The van der Waals surface area contributed by atoms with Gasteiger partial charge >= 0.3 is 5.97 Å². The van der Waals surface area contributed by atoms with Crippen molar-refractivity contribution in [3.8, 4) is 0 Å². The van der Waals surface area contributed by atoms with Gasteiger partial charge < -0.3 is 10.4 Å². The fraction of sp³-hybridized carbons (Fsp3) is 0.727. The molecule has 0 unspecified atom stereocenters. The van der Waals surface area contributed by atoms with Crippen LogP contribution in [-0.2, 0) is 4.79 Å². The first-order valence-corrected chi connectivity index (χ1v) is 5.29. The molecule has 0 atom stereocenters. The van der Waals surface area contributed by atoms with Crippen molar-refractivity contribution in [3.05, 3.63) is 11.8 Å². The van der Waals surface area contributed by atoms with Crippen LogP contribution < -0.4 is 5.32 Å². The van der Waals surface area contributed by atoms with E-state index >= 15 is 0 Å². The minimum Gasteiger partial charge on any atom is -0.481 e. The molecule has 0 saturated carbocycles. The van der Waals surface area contributed by atoms with Gasteiger partial charge in [0.25, 0.3) is 0 Å². The smallest absolute Gasteiger partial charge is 0.303 e. The van der Waals surface area contributed by atoms with Crippen LogP contribution in [0.1, 0.15) is 45.4 Å². The average molecular weight is 199 g/mol. The second kappa shape index (κ2) is 8.60. The van der Waals surface area contributed by atoms with E-state index in [2.05, 4.69) is 18.3 Å². The van der Waals surface area contributed by atoms with Crippen molar-refractivity contribution in [1.29, 1.82) is 0 Å². The van der Waals surface area contributed by atoms with E-state index in [0.29, 0.717) is 0 Å². The lowest BCUT2D eigenvalue weighted by molar-refractivity contribution is -0.137. The molecule has 0 aliphatic rings. The van der Waals surface area contributed by atoms with Gasteiger partial charge in [0.1, 0.15) is 0 Å². The Kier molecular flexibility index (Phi) is 7.99. The first-order valence-electron chi connectivity index (χ1n) is 5.29. The van der Waals surface area contributed by atoms with Crippen LogP contribution in [0.25, 0.3) is 0 Å². The molecule has 0 saturated heterocycles. The molecule has 0 rings (SSSR count). The molecule has 0 aromatic carbocycles. The lowest BCUT2D eigenvalue weighted by atomic mass is 10.1. The minimum absolute atomic E-state index is 0.283. The standard InChI is InChI=1S/C11H21NO2/c1-3-4-7-10(12-2)8-5-6-9-11(13)14/h7,12H,3-6,8-9H2,1-2H3,(H,13,14)/b10-7+. The molecule has 2 N–H and O–H groups in total. The van der Waals surface area contributed by atoms with Gasteiger partial charge in [0.15, 0.2) is 0 Å². The Bertz CT molecular complexity index is 188. The van der Waals surface area contributed by atoms with Crippen LogP contribution in [0, 0.1) is 0 Å². The number of allylic oxidation sites excluding steroid dienone is 2. The van der Waals surface area contributed by atoms with Crippen molar-refractivity contribution in [2.45, 2.75) is 45.4 Å². The highest BCUT2D eigenvalue weighted by Crippen LogP contribution is 2.07. The Morgan fingerprint density at radius 3 is 2.50 bits per heavy atom. The van der Waals surface area contributed by atoms with E-state index in [0.717, 1.165) is 32.1 Å². The SMILES string of the molecule is CCC/C=C(\CCCCC(=O)O)NC. The third-order valence-electron chi connectivity index (χ3n) is 2.09. The monoisotopic (exact) mass is 199 g/mol. The van der Waals surface area contributed by atoms with E-state index in [-0.39, 0.29) is 6.42 Å². The van der Waals surface area contributed by atoms with Gasteiger partial charge in [0.2, 0.25) is 0 Å². The van der Waals surface area contributed by atoms with Gasteiger partial charge in [-0.25, -0.2) is 0 Å². The third-order valence-corrected chi connectivity index (χ3v) is 2.09. The fourth-order valence-corrected chi connectivity index (χ4v) is 1.24. The molecule has 0 aliphatic heterocycles. The van der Waals surface area contributed by atoms with Crippen molar-refractivity contribution < 1.29 is 9.90 Å². The first-order chi connectivity index (χ1) is 6.70. The molecule has 0 spiro atoms. The molecule has 0 bridgehead atoms. The van der Waals surface area contributed by atoms with Gasteiger partial charge in [-0.15, -0.1) is 0 Å². The van der Waals surface area contributed by atoms with E-state index in [9.17, 15) is 4.79 Å². The zero-order chi connectivity index (χ0) is 10.8. The van der Waals surface area contributed by atoms with Gasteiger partial charge in [-0.05, 0) is 25.7 Å². The summed E-state index contributed by atoms with van der Waals surface area (Å²) in [6, 6.07) is 0. The number of nitrogens with one attached hydrogen (secondary N) is 1. The van der Waals surface area contributed by atoms with Gasteiger partial charge in [0, 0.05) is 19.2 Å². The summed E-state index contributed by atoms with van der Waals surface area (Å²) in [7, 11) is 1.92. The Labute approximate surface area is 86.2 Å². The van der Waals surface area contributed by atoms with Crippen LogP contribution in [0.3, 0.4) is 0 Å². The quantitative estimate of drug-likeness (QED) is 0.591. The summed E-state index contributed by atoms with van der Waals surface area (Å²) in [5, 5.41) is 11.6. The molecule has 0 aliphatic carbocycles. The highest BCUT2D eigenvalue weighted by molar-refractivity contribution is 5.66. The molecule has 0 amide bonds. The molecule has 0 radical (unpaired) electrons. The number of carbonyl (C=O) groups is 1. The summed E-state index contributed by atoms with van der Waals surface area (Å²) in [5.74, 6) is -0.700. The van der Waals surface area contributed by atoms with Crippen LogP contribution in [0.5, 0.6) is 0 Å². The number of hydrogen-bond donors (Lipinski definition) is 2. The van der Waals surface area contributed by atoms with Gasteiger partial charge in [-0.2, -0.15) is 0 Å². The lowest BCUT2D eigenvalue weighted by Gasteiger charge is -2.05. The van der Waals surface area contributed by atoms with Gasteiger partial charge in [-0.1, -0.05) is 19.4 Å². The second-order valence-electron chi connectivity index (χ2n) is 3.37. The molecule has 3 nitrogen and oxygen atoms in total. The minimum atomic E-state index is -0.700. The predicted molar refractivity (Wildman–Crippen MR) is 58.2 cm³/mol. The van der Waals surface area contributed by atoms with Crippen LogP contribution in [0.15, 0.2) is 11.8 Å². The van der Waals surface area contributed by atoms with Gasteiger partial charge in [0.05, 0.1) is 0 Å². The zero-order valence-electron chi connectivity index (χ0n) is 9.18. The summed E-state index contributed by atoms with van der Waals surface area (Å²) >= 11 is 0. The van der Waals surface area contributed by atoms with Crippen molar-refractivity contribution in [2.75, 3.05) is 7.05 Å². The maximum absolute atomic E-state index is 10.3. The second-order valence-corrected chi connectivity index (χ2v) is 3.37. The number of carboxylic acids is 1. The lowest BCUT2D eigenvalue weighted by Crippen LogP contribution is -2.06. The summed E-state index contributed by atoms with van der Waals surface area (Å²) in [4.78, 5) is 10.3. The Morgan fingerprint density at radius 1 is 1.36 bits per heavy atom. The largest absolute Gasteiger partial charge is 0.481 e. The summed E-state index contributed by atoms with van der Waals surface area (Å²) in [6.45, 7) is 2.15. The first kappa shape index (κ1) is 13.0. The molecular formula is C11H21NO2. The molecule has 0 aromatic heterocycles. The Morgan fingerprint density at radius 2 is 2.00 bits per heavy atom. The molecule has 0 heterocycles. The van der Waals surface area contributed by atoms with Crippen molar-refractivity contribution >= 4 is 5.97 Å². The zero-order valence-corrected chi connectivity index (χ0v) is 9.18. The van der Waals surface area contributed by atoms with E-state index in [1.807, 2.05) is 7.05 Å². The number of rotatable bonds is 8. The van der Waals surface area contributed by atoms with Crippen LogP contribution in [0.4, 0.5) is 0 Å². The predicted octanol–water partition coefficient (Wildman–Crippen LogP) is 2.53. The number of aliphatic carboxylic acids is 1. The average Bonchev–Trinajstić information content (AvgIpc) is 2.16. The van der Waals surface area contributed by atoms with E-state index in [1.165, 1.54) is 5.70 Å². The summed E-state index contributed by atoms with van der Waals surface area (Å²) in [6.07, 6.45) is 7.40. The maximum Gasteiger partial charge on any atom is 0.303 e. The van der Waals surface area contributed by atoms with E-state index in [4.69, 9.17) is 5.11 Å². The van der Waals surface area contributed by atoms with E-state index in [1.54, 1.807) is 0 Å². The fourth-order valence-electron chi connectivity index (χ4n) is 1.24. The molecule has 82 valence electrons. The highest BCUT2D eigenvalue weighted by atomic mass is 16.4. The normalized spacial score (nSPS) is 11.4. The summed E-state index contributed by atoms with van der Waals surface area (Å²) in [5.41, 5.74) is 1.23. The molecular weight excluding hydrogens is 178 g/mol. The maximum atomic E-state index is 10.3. The number of carboxylic acid groups (broad SMARTS) is 1. The summed E-state index contributed by atoms with van der Waals surface area (Å²) < 4.78 is 0. The van der Waals surface area contributed by atoms with Gasteiger partial charge in [-0.3, -0.25) is 4.79 Å². The molecule has 14 heavy (non-hydrogen) atoms. The van der Waals surface area contributed by atoms with Crippen LogP contribution >= 0.6 is 0 Å². The molecule has 0 fully saturated rings. The van der Waals surface area contributed by atoms with E-state index < -0.39 is 5.97 Å². The Balaban J connectivity index is 3.57. The highest BCUT2D eigenvalue weighted by Gasteiger charge is 1.98. The third kappa shape index (κ3) is 7.65. The number of hydrogen-bond acceptors (Lipinski definition) is 2. The Hall–Kier alpha value is -0.990. The molecule has 0 aromatic rings. The molecule has 3 heteroatoms.